The zero-order valence-corrected chi connectivity index (χ0v) is 14.2. The molecule has 0 bridgehead atoms. The van der Waals surface area contributed by atoms with Crippen LogP contribution in [-0.4, -0.2) is 9.13 Å². The van der Waals surface area contributed by atoms with E-state index in [2.05, 4.69) is 0 Å². The summed E-state index contributed by atoms with van der Waals surface area (Å²) in [6, 6.07) is 2.15. The highest BCUT2D eigenvalue weighted by Crippen LogP contribution is 2.30. The van der Waals surface area contributed by atoms with Crippen molar-refractivity contribution in [3.8, 4) is 0 Å². The number of aromatic nitrogens is 2. The second-order valence-corrected chi connectivity index (χ2v) is 5.81. The highest BCUT2D eigenvalue weighted by atomic mass is 35.5. The molecule has 0 saturated heterocycles. The zero-order valence-electron chi connectivity index (χ0n) is 13.5. The summed E-state index contributed by atoms with van der Waals surface area (Å²) in [5, 5.41) is -0.116. The SMILES string of the molecule is CCn1c(C)c(Cl)c(=O)n(CCc2ccc(C(F)(F)F)cc2F)c1=O. The van der Waals surface area contributed by atoms with Crippen molar-refractivity contribution >= 4 is 11.6 Å². The molecular weight excluding hydrogens is 364 g/mol. The topological polar surface area (TPSA) is 44.0 Å². The van der Waals surface area contributed by atoms with Crippen molar-refractivity contribution in [3.63, 3.8) is 0 Å². The molecule has 1 aromatic heterocycles. The molecule has 0 fully saturated rings. The fraction of sp³-hybridized carbons (Fsp3) is 0.375. The largest absolute Gasteiger partial charge is 0.416 e. The monoisotopic (exact) mass is 378 g/mol. The van der Waals surface area contributed by atoms with Gasteiger partial charge in [0.25, 0.3) is 5.56 Å². The van der Waals surface area contributed by atoms with Crippen molar-refractivity contribution in [2.24, 2.45) is 0 Å². The first kappa shape index (κ1) is 19.2. The van der Waals surface area contributed by atoms with Gasteiger partial charge in [-0.3, -0.25) is 13.9 Å². The molecule has 0 N–H and O–H groups in total. The summed E-state index contributed by atoms with van der Waals surface area (Å²) in [7, 11) is 0. The minimum Gasteiger partial charge on any atom is -0.297 e. The first-order chi connectivity index (χ1) is 11.6. The van der Waals surface area contributed by atoms with Gasteiger partial charge in [0.05, 0.1) is 5.56 Å². The molecule has 0 spiro atoms. The molecule has 0 atom stereocenters. The van der Waals surface area contributed by atoms with Crippen molar-refractivity contribution in [1.29, 1.82) is 0 Å². The van der Waals surface area contributed by atoms with Crippen LogP contribution < -0.4 is 11.2 Å². The molecule has 0 saturated carbocycles. The van der Waals surface area contributed by atoms with Gasteiger partial charge < -0.3 is 0 Å². The molecule has 1 aromatic carbocycles. The van der Waals surface area contributed by atoms with E-state index in [1.54, 1.807) is 6.92 Å². The van der Waals surface area contributed by atoms with Gasteiger partial charge >= 0.3 is 11.9 Å². The summed E-state index contributed by atoms with van der Waals surface area (Å²) in [4.78, 5) is 24.5. The third-order valence-electron chi connectivity index (χ3n) is 3.92. The number of nitrogens with zero attached hydrogens (tertiary/aromatic N) is 2. The maximum atomic E-state index is 13.9. The summed E-state index contributed by atoms with van der Waals surface area (Å²) < 4.78 is 53.7. The van der Waals surface area contributed by atoms with Gasteiger partial charge in [-0.2, -0.15) is 13.2 Å². The van der Waals surface area contributed by atoms with E-state index >= 15 is 0 Å². The molecule has 0 radical (unpaired) electrons. The Morgan fingerprint density at radius 2 is 1.80 bits per heavy atom. The van der Waals surface area contributed by atoms with Crippen molar-refractivity contribution in [3.05, 3.63) is 66.7 Å². The van der Waals surface area contributed by atoms with Crippen LogP contribution in [-0.2, 0) is 25.7 Å². The molecule has 2 aromatic rings. The fourth-order valence-corrected chi connectivity index (χ4v) is 2.70. The lowest BCUT2D eigenvalue weighted by molar-refractivity contribution is -0.137. The van der Waals surface area contributed by atoms with Crippen molar-refractivity contribution in [1.82, 2.24) is 9.13 Å². The maximum absolute atomic E-state index is 13.9. The molecule has 4 nitrogen and oxygen atoms in total. The van der Waals surface area contributed by atoms with E-state index in [9.17, 15) is 27.2 Å². The number of halogens is 5. The van der Waals surface area contributed by atoms with Gasteiger partial charge in [-0.15, -0.1) is 0 Å². The van der Waals surface area contributed by atoms with Gasteiger partial charge in [-0.1, -0.05) is 17.7 Å². The fourth-order valence-electron chi connectivity index (χ4n) is 2.50. The predicted octanol–water partition coefficient (Wildman–Crippen LogP) is 3.39. The highest BCUT2D eigenvalue weighted by Gasteiger charge is 2.31. The Morgan fingerprint density at radius 1 is 1.16 bits per heavy atom. The summed E-state index contributed by atoms with van der Waals surface area (Å²) in [6.07, 6.45) is -4.77. The van der Waals surface area contributed by atoms with Crippen molar-refractivity contribution in [2.45, 2.75) is 39.5 Å². The molecule has 1 heterocycles. The summed E-state index contributed by atoms with van der Waals surface area (Å²) in [5.74, 6) is -1.04. The lowest BCUT2D eigenvalue weighted by atomic mass is 10.1. The molecule has 2 rings (SSSR count). The molecule has 9 heteroatoms. The molecule has 25 heavy (non-hydrogen) atoms. The summed E-state index contributed by atoms with van der Waals surface area (Å²) in [6.45, 7) is 3.34. The molecule has 136 valence electrons. The average Bonchev–Trinajstić information content (AvgIpc) is 2.53. The van der Waals surface area contributed by atoms with E-state index in [0.29, 0.717) is 18.3 Å². The number of aryl methyl sites for hydroxylation is 1. The third-order valence-corrected chi connectivity index (χ3v) is 4.35. The van der Waals surface area contributed by atoms with Gasteiger partial charge in [0.15, 0.2) is 0 Å². The van der Waals surface area contributed by atoms with Gasteiger partial charge in [0.1, 0.15) is 10.8 Å². The Labute approximate surface area is 145 Å². The van der Waals surface area contributed by atoms with Crippen LogP contribution in [0.25, 0.3) is 0 Å². The molecule has 0 aliphatic heterocycles. The minimum absolute atomic E-state index is 0.0287. The highest BCUT2D eigenvalue weighted by molar-refractivity contribution is 6.30. The molecular formula is C16H15ClF4N2O2. The van der Waals surface area contributed by atoms with E-state index in [1.807, 2.05) is 0 Å². The van der Waals surface area contributed by atoms with E-state index in [1.165, 1.54) is 11.5 Å². The number of hydrogen-bond acceptors (Lipinski definition) is 2. The molecule has 0 unspecified atom stereocenters. The second-order valence-electron chi connectivity index (χ2n) is 5.44. The Bertz CT molecular complexity index is 916. The van der Waals surface area contributed by atoms with Crippen LogP contribution in [0.3, 0.4) is 0 Å². The Morgan fingerprint density at radius 3 is 2.32 bits per heavy atom. The first-order valence-electron chi connectivity index (χ1n) is 7.43. The van der Waals surface area contributed by atoms with Crippen LogP contribution in [0, 0.1) is 12.7 Å². The number of benzene rings is 1. The number of rotatable bonds is 4. The second kappa shape index (κ2) is 7.03. The standard InChI is InChI=1S/C16H15ClF4N2O2/c1-3-22-9(2)13(17)14(24)23(15(22)25)7-6-10-4-5-11(8-12(10)18)16(19,20)21/h4-5,8H,3,6-7H2,1-2H3. The maximum Gasteiger partial charge on any atom is 0.416 e. The van der Waals surface area contributed by atoms with Gasteiger partial charge in [0.2, 0.25) is 0 Å². The normalized spacial score (nSPS) is 11.8. The summed E-state index contributed by atoms with van der Waals surface area (Å²) in [5.41, 5.74) is -2.10. The lowest BCUT2D eigenvalue weighted by Gasteiger charge is -2.14. The van der Waals surface area contributed by atoms with E-state index in [0.717, 1.165) is 16.7 Å². The summed E-state index contributed by atoms with van der Waals surface area (Å²) >= 11 is 5.93. The van der Waals surface area contributed by atoms with Crippen molar-refractivity contribution < 1.29 is 17.6 Å². The smallest absolute Gasteiger partial charge is 0.297 e. The van der Waals surface area contributed by atoms with Crippen LogP contribution in [0.4, 0.5) is 17.6 Å². The van der Waals surface area contributed by atoms with Crippen LogP contribution in [0.1, 0.15) is 23.7 Å². The van der Waals surface area contributed by atoms with Gasteiger partial charge in [-0.05, 0) is 38.0 Å². The van der Waals surface area contributed by atoms with Crippen LogP contribution in [0.15, 0.2) is 27.8 Å². The van der Waals surface area contributed by atoms with Gasteiger partial charge in [-0.25, -0.2) is 9.18 Å². The van der Waals surface area contributed by atoms with E-state index in [-0.39, 0.29) is 23.6 Å². The van der Waals surface area contributed by atoms with E-state index < -0.39 is 28.8 Å². The minimum atomic E-state index is -4.64. The quantitative estimate of drug-likeness (QED) is 0.765. The average molecular weight is 379 g/mol. The van der Waals surface area contributed by atoms with Crippen molar-refractivity contribution in [2.75, 3.05) is 0 Å². The molecule has 0 aliphatic carbocycles. The van der Waals surface area contributed by atoms with Crippen LogP contribution >= 0.6 is 11.6 Å². The Balaban J connectivity index is 2.36. The molecule has 0 amide bonds. The predicted molar refractivity (Wildman–Crippen MR) is 85.5 cm³/mol. The first-order valence-corrected chi connectivity index (χ1v) is 7.81. The molecule has 0 aliphatic rings. The number of alkyl halides is 3. The third kappa shape index (κ3) is 3.78. The van der Waals surface area contributed by atoms with E-state index in [4.69, 9.17) is 11.6 Å². The van der Waals surface area contributed by atoms with Gasteiger partial charge in [0, 0.05) is 18.8 Å². The van der Waals surface area contributed by atoms with Crippen LogP contribution in [0.2, 0.25) is 5.02 Å². The Hall–Kier alpha value is -2.09. The lowest BCUT2D eigenvalue weighted by Crippen LogP contribution is -2.41. The number of hydrogen-bond donors (Lipinski definition) is 0. The zero-order chi connectivity index (χ0) is 18.9. The Kier molecular flexibility index (Phi) is 5.41. The van der Waals surface area contributed by atoms with Crippen LogP contribution in [0.5, 0.6) is 0 Å².